The Kier molecular flexibility index (Phi) is 7.90. The molecule has 1 aromatic heterocycles. The van der Waals surface area contributed by atoms with Gasteiger partial charge in [-0.1, -0.05) is 43.8 Å². The van der Waals surface area contributed by atoms with E-state index in [1.807, 2.05) is 6.26 Å². The topological polar surface area (TPSA) is 71.8 Å². The number of nitrogens with one attached hydrogen (secondary N) is 2. The van der Waals surface area contributed by atoms with Crippen LogP contribution in [-0.2, 0) is 19.5 Å². The summed E-state index contributed by atoms with van der Waals surface area (Å²) >= 11 is 1.59. The Bertz CT molecular complexity index is 719. The Morgan fingerprint density at radius 3 is 2.73 bits per heavy atom. The SMILES string of the molecule is CSc1nnc(CCCNC(=O)NCc2ccccc2F)n1CC(C)C. The van der Waals surface area contributed by atoms with Crippen molar-refractivity contribution in [3.05, 3.63) is 41.5 Å². The van der Waals surface area contributed by atoms with Gasteiger partial charge < -0.3 is 15.2 Å². The second kappa shape index (κ2) is 10.2. The van der Waals surface area contributed by atoms with Crippen molar-refractivity contribution in [2.24, 2.45) is 5.92 Å². The Morgan fingerprint density at radius 2 is 2.04 bits per heavy atom. The number of hydrogen-bond donors (Lipinski definition) is 2. The van der Waals surface area contributed by atoms with Gasteiger partial charge in [0, 0.05) is 31.6 Å². The van der Waals surface area contributed by atoms with Gasteiger partial charge in [-0.25, -0.2) is 9.18 Å². The normalized spacial score (nSPS) is 11.0. The van der Waals surface area contributed by atoms with Gasteiger partial charge in [-0.05, 0) is 24.7 Å². The molecule has 0 fully saturated rings. The van der Waals surface area contributed by atoms with Gasteiger partial charge in [0.2, 0.25) is 0 Å². The van der Waals surface area contributed by atoms with Gasteiger partial charge >= 0.3 is 6.03 Å². The van der Waals surface area contributed by atoms with E-state index in [0.29, 0.717) is 18.0 Å². The third kappa shape index (κ3) is 6.01. The summed E-state index contributed by atoms with van der Waals surface area (Å²) in [4.78, 5) is 11.8. The summed E-state index contributed by atoms with van der Waals surface area (Å²) in [6.07, 6.45) is 3.50. The highest BCUT2D eigenvalue weighted by atomic mass is 32.2. The largest absolute Gasteiger partial charge is 0.338 e. The van der Waals surface area contributed by atoms with Gasteiger partial charge in [-0.2, -0.15) is 0 Å². The minimum atomic E-state index is -0.318. The fourth-order valence-corrected chi connectivity index (χ4v) is 3.05. The van der Waals surface area contributed by atoms with Crippen LogP contribution in [0, 0.1) is 11.7 Å². The van der Waals surface area contributed by atoms with Crippen LogP contribution < -0.4 is 10.6 Å². The van der Waals surface area contributed by atoms with Crippen LogP contribution in [0.15, 0.2) is 29.4 Å². The van der Waals surface area contributed by atoms with Gasteiger partial charge in [0.1, 0.15) is 11.6 Å². The second-order valence-electron chi connectivity index (χ2n) is 6.41. The van der Waals surface area contributed by atoms with Gasteiger partial charge in [-0.15, -0.1) is 10.2 Å². The van der Waals surface area contributed by atoms with Crippen molar-refractivity contribution in [1.29, 1.82) is 0 Å². The lowest BCUT2D eigenvalue weighted by molar-refractivity contribution is 0.240. The summed E-state index contributed by atoms with van der Waals surface area (Å²) in [6.45, 7) is 5.89. The minimum Gasteiger partial charge on any atom is -0.338 e. The quantitative estimate of drug-likeness (QED) is 0.518. The molecule has 0 saturated carbocycles. The zero-order valence-corrected chi connectivity index (χ0v) is 16.3. The number of urea groups is 1. The van der Waals surface area contributed by atoms with E-state index >= 15 is 0 Å². The molecule has 1 heterocycles. The number of thioether (sulfide) groups is 1. The van der Waals surface area contributed by atoms with Crippen molar-refractivity contribution in [3.63, 3.8) is 0 Å². The first-order chi connectivity index (χ1) is 12.5. The molecule has 1 aromatic carbocycles. The molecule has 6 nitrogen and oxygen atoms in total. The first kappa shape index (κ1) is 20.2. The molecule has 0 bridgehead atoms. The molecule has 0 radical (unpaired) electrons. The molecular formula is C18H26FN5OS. The zero-order valence-electron chi connectivity index (χ0n) is 15.5. The highest BCUT2D eigenvalue weighted by Crippen LogP contribution is 2.16. The number of carbonyl (C=O) groups is 1. The summed E-state index contributed by atoms with van der Waals surface area (Å²) in [5.41, 5.74) is 0.467. The molecule has 8 heteroatoms. The van der Waals surface area contributed by atoms with Crippen LogP contribution in [0.25, 0.3) is 0 Å². The Labute approximate surface area is 158 Å². The predicted octanol–water partition coefficient (Wildman–Crippen LogP) is 3.23. The summed E-state index contributed by atoms with van der Waals surface area (Å²) < 4.78 is 15.7. The lowest BCUT2D eigenvalue weighted by Gasteiger charge is -2.12. The van der Waals surface area contributed by atoms with Crippen LogP contribution in [0.2, 0.25) is 0 Å². The van der Waals surface area contributed by atoms with Crippen molar-refractivity contribution in [3.8, 4) is 0 Å². The maximum absolute atomic E-state index is 13.5. The predicted molar refractivity (Wildman–Crippen MR) is 102 cm³/mol. The number of aromatic nitrogens is 3. The third-order valence-corrected chi connectivity index (χ3v) is 4.45. The van der Waals surface area contributed by atoms with E-state index in [0.717, 1.165) is 30.4 Å². The van der Waals surface area contributed by atoms with E-state index in [1.165, 1.54) is 6.07 Å². The van der Waals surface area contributed by atoms with Gasteiger partial charge in [0.15, 0.2) is 5.16 Å². The first-order valence-electron chi connectivity index (χ1n) is 8.72. The zero-order chi connectivity index (χ0) is 18.9. The van der Waals surface area contributed by atoms with Crippen LogP contribution in [0.3, 0.4) is 0 Å². The number of nitrogens with zero attached hydrogens (tertiary/aromatic N) is 3. The van der Waals surface area contributed by atoms with Crippen molar-refractivity contribution in [2.75, 3.05) is 12.8 Å². The maximum atomic E-state index is 13.5. The standard InChI is InChI=1S/C18H26FN5OS/c1-13(2)12-24-16(22-23-18(24)26-3)9-6-10-20-17(25)21-11-14-7-4-5-8-15(14)19/h4-5,7-8,13H,6,9-12H2,1-3H3,(H2,20,21,25). The summed E-state index contributed by atoms with van der Waals surface area (Å²) in [7, 11) is 0. The van der Waals surface area contributed by atoms with E-state index in [2.05, 4.69) is 39.2 Å². The molecule has 0 aliphatic heterocycles. The van der Waals surface area contributed by atoms with Crippen LogP contribution in [-0.4, -0.2) is 33.6 Å². The van der Waals surface area contributed by atoms with Crippen molar-refractivity contribution in [2.45, 2.75) is 44.9 Å². The average Bonchev–Trinajstić information content (AvgIpc) is 2.99. The second-order valence-corrected chi connectivity index (χ2v) is 7.19. The number of halogens is 1. The molecule has 0 spiro atoms. The summed E-state index contributed by atoms with van der Waals surface area (Å²) in [6, 6.07) is 6.10. The molecule has 2 N–H and O–H groups in total. The molecule has 2 amide bonds. The van der Waals surface area contributed by atoms with Crippen LogP contribution >= 0.6 is 11.8 Å². The van der Waals surface area contributed by atoms with E-state index in [1.54, 1.807) is 30.0 Å². The first-order valence-corrected chi connectivity index (χ1v) is 9.95. The molecule has 26 heavy (non-hydrogen) atoms. The lowest BCUT2D eigenvalue weighted by Crippen LogP contribution is -2.35. The van der Waals surface area contributed by atoms with Crippen LogP contribution in [0.1, 0.15) is 31.7 Å². The van der Waals surface area contributed by atoms with Crippen molar-refractivity contribution < 1.29 is 9.18 Å². The lowest BCUT2D eigenvalue weighted by atomic mass is 10.2. The summed E-state index contributed by atoms with van der Waals surface area (Å²) in [5.74, 6) is 1.14. The van der Waals surface area contributed by atoms with Gasteiger partial charge in [0.25, 0.3) is 0 Å². The molecule has 0 aliphatic carbocycles. The fraction of sp³-hybridized carbons (Fsp3) is 0.500. The Balaban J connectivity index is 1.74. The summed E-state index contributed by atoms with van der Waals surface area (Å²) in [5, 5.41) is 14.8. The number of rotatable bonds is 9. The molecule has 0 aliphatic rings. The van der Waals surface area contributed by atoms with Crippen LogP contribution in [0.4, 0.5) is 9.18 Å². The molecule has 0 saturated heterocycles. The molecular weight excluding hydrogens is 353 g/mol. The average molecular weight is 380 g/mol. The van der Waals surface area contributed by atoms with Gasteiger partial charge in [-0.3, -0.25) is 0 Å². The van der Waals surface area contributed by atoms with Crippen LogP contribution in [0.5, 0.6) is 0 Å². The number of benzene rings is 1. The Hall–Kier alpha value is -2.09. The molecule has 0 atom stereocenters. The van der Waals surface area contributed by atoms with Crippen molar-refractivity contribution in [1.82, 2.24) is 25.4 Å². The maximum Gasteiger partial charge on any atom is 0.315 e. The molecule has 2 aromatic rings. The van der Waals surface area contributed by atoms with Gasteiger partial charge in [0.05, 0.1) is 0 Å². The molecule has 142 valence electrons. The highest BCUT2D eigenvalue weighted by molar-refractivity contribution is 7.98. The number of amides is 2. The van der Waals surface area contributed by atoms with E-state index in [4.69, 9.17) is 0 Å². The number of aryl methyl sites for hydroxylation is 1. The van der Waals surface area contributed by atoms with E-state index < -0.39 is 0 Å². The highest BCUT2D eigenvalue weighted by Gasteiger charge is 2.12. The number of carbonyl (C=O) groups excluding carboxylic acids is 1. The molecule has 0 unspecified atom stereocenters. The minimum absolute atomic E-state index is 0.165. The van der Waals surface area contributed by atoms with E-state index in [9.17, 15) is 9.18 Å². The smallest absolute Gasteiger partial charge is 0.315 e. The van der Waals surface area contributed by atoms with Crippen molar-refractivity contribution >= 4 is 17.8 Å². The fourth-order valence-electron chi connectivity index (χ4n) is 2.53. The monoisotopic (exact) mass is 379 g/mol. The number of hydrogen-bond acceptors (Lipinski definition) is 4. The molecule has 2 rings (SSSR count). The Morgan fingerprint density at radius 1 is 1.27 bits per heavy atom. The third-order valence-electron chi connectivity index (χ3n) is 3.78. The van der Waals surface area contributed by atoms with E-state index in [-0.39, 0.29) is 18.4 Å².